The summed E-state index contributed by atoms with van der Waals surface area (Å²) in [4.78, 5) is 0. The van der Waals surface area contributed by atoms with Crippen molar-refractivity contribution >= 4 is 9.84 Å². The van der Waals surface area contributed by atoms with Gasteiger partial charge in [-0.1, -0.05) is 26.7 Å². The lowest BCUT2D eigenvalue weighted by Crippen LogP contribution is -2.38. The van der Waals surface area contributed by atoms with Crippen molar-refractivity contribution in [1.29, 1.82) is 0 Å². The summed E-state index contributed by atoms with van der Waals surface area (Å²) < 4.78 is 22.4. The van der Waals surface area contributed by atoms with E-state index in [0.29, 0.717) is 6.42 Å². The molecule has 1 aliphatic rings. The van der Waals surface area contributed by atoms with Gasteiger partial charge in [-0.25, -0.2) is 8.42 Å². The van der Waals surface area contributed by atoms with Gasteiger partial charge in [-0.15, -0.1) is 0 Å². The average Bonchev–Trinajstić information content (AvgIpc) is 2.29. The van der Waals surface area contributed by atoms with E-state index in [-0.39, 0.29) is 17.4 Å². The third-order valence-corrected chi connectivity index (χ3v) is 4.83. The molecule has 0 aromatic carbocycles. The molecular formula is C9H18O3S. The Morgan fingerprint density at radius 3 is 2.23 bits per heavy atom. The lowest BCUT2D eigenvalue weighted by atomic mass is 9.83. The average molecular weight is 206 g/mol. The predicted molar refractivity (Wildman–Crippen MR) is 52.3 cm³/mol. The van der Waals surface area contributed by atoms with Crippen molar-refractivity contribution in [3.05, 3.63) is 0 Å². The zero-order valence-electron chi connectivity index (χ0n) is 8.28. The lowest BCUT2D eigenvalue weighted by Gasteiger charge is -2.29. The van der Waals surface area contributed by atoms with Crippen LogP contribution >= 0.6 is 0 Å². The first-order valence-corrected chi connectivity index (χ1v) is 6.68. The highest BCUT2D eigenvalue weighted by atomic mass is 32.2. The molecule has 1 aliphatic heterocycles. The third-order valence-electron chi connectivity index (χ3n) is 3.06. The standard InChI is InChI=1S/C9H18O3S/c1-3-8(4-2)9(10)5-6-13(11,12)7-9/h8,10H,3-7H2,1-2H3. The van der Waals surface area contributed by atoms with Crippen LogP contribution in [-0.2, 0) is 9.84 Å². The fraction of sp³-hybridized carbons (Fsp3) is 1.00. The number of rotatable bonds is 3. The Labute approximate surface area is 80.1 Å². The SMILES string of the molecule is CCC(CC)C1(O)CCS(=O)(=O)C1. The maximum Gasteiger partial charge on any atom is 0.153 e. The molecule has 1 heterocycles. The second-order valence-corrected chi connectivity index (χ2v) is 6.14. The Balaban J connectivity index is 2.79. The number of aliphatic hydroxyl groups is 1. The minimum atomic E-state index is -2.97. The number of sulfone groups is 1. The molecule has 1 fully saturated rings. The molecule has 0 bridgehead atoms. The summed E-state index contributed by atoms with van der Waals surface area (Å²) in [7, 11) is -2.97. The van der Waals surface area contributed by atoms with Crippen LogP contribution in [0.1, 0.15) is 33.1 Å². The first-order chi connectivity index (χ1) is 5.93. The van der Waals surface area contributed by atoms with Crippen LogP contribution in [0, 0.1) is 5.92 Å². The normalized spacial score (nSPS) is 32.6. The van der Waals surface area contributed by atoms with Gasteiger partial charge in [-0.05, 0) is 12.3 Å². The minimum Gasteiger partial charge on any atom is -0.389 e. The maximum absolute atomic E-state index is 11.2. The van der Waals surface area contributed by atoms with Gasteiger partial charge >= 0.3 is 0 Å². The topological polar surface area (TPSA) is 54.4 Å². The van der Waals surface area contributed by atoms with Crippen molar-refractivity contribution in [3.8, 4) is 0 Å². The molecule has 0 spiro atoms. The second-order valence-electron chi connectivity index (χ2n) is 3.96. The van der Waals surface area contributed by atoms with Crippen LogP contribution in [0.2, 0.25) is 0 Å². The zero-order valence-corrected chi connectivity index (χ0v) is 9.10. The van der Waals surface area contributed by atoms with Crippen LogP contribution in [-0.4, -0.2) is 30.6 Å². The number of hydrogen-bond acceptors (Lipinski definition) is 3. The van der Waals surface area contributed by atoms with Crippen molar-refractivity contribution in [2.75, 3.05) is 11.5 Å². The summed E-state index contributed by atoms with van der Waals surface area (Å²) in [5, 5.41) is 10.1. The molecule has 0 saturated carbocycles. The van der Waals surface area contributed by atoms with Gasteiger partial charge < -0.3 is 5.11 Å². The highest BCUT2D eigenvalue weighted by Gasteiger charge is 2.44. The van der Waals surface area contributed by atoms with Crippen molar-refractivity contribution in [3.63, 3.8) is 0 Å². The molecule has 0 aliphatic carbocycles. The molecule has 0 amide bonds. The molecule has 4 heteroatoms. The van der Waals surface area contributed by atoms with E-state index in [1.165, 1.54) is 0 Å². The highest BCUT2D eigenvalue weighted by molar-refractivity contribution is 7.91. The molecule has 1 N–H and O–H groups in total. The molecule has 1 unspecified atom stereocenters. The molecule has 1 rings (SSSR count). The molecule has 0 aromatic heterocycles. The van der Waals surface area contributed by atoms with E-state index in [1.807, 2.05) is 13.8 Å². The van der Waals surface area contributed by atoms with Crippen LogP contribution in [0.15, 0.2) is 0 Å². The maximum atomic E-state index is 11.2. The Morgan fingerprint density at radius 2 is 1.92 bits per heavy atom. The van der Waals surface area contributed by atoms with Crippen LogP contribution < -0.4 is 0 Å². The molecular weight excluding hydrogens is 188 g/mol. The Kier molecular flexibility index (Phi) is 3.02. The predicted octanol–water partition coefficient (Wildman–Crippen LogP) is 0.972. The Morgan fingerprint density at radius 1 is 1.38 bits per heavy atom. The number of hydrogen-bond donors (Lipinski definition) is 1. The van der Waals surface area contributed by atoms with Crippen LogP contribution in [0.5, 0.6) is 0 Å². The van der Waals surface area contributed by atoms with Crippen molar-refractivity contribution in [1.82, 2.24) is 0 Å². The largest absolute Gasteiger partial charge is 0.389 e. The fourth-order valence-electron chi connectivity index (χ4n) is 2.23. The Bertz CT molecular complexity index is 267. The van der Waals surface area contributed by atoms with E-state index in [1.54, 1.807) is 0 Å². The quantitative estimate of drug-likeness (QED) is 0.748. The summed E-state index contributed by atoms with van der Waals surface area (Å²) in [6.45, 7) is 3.99. The van der Waals surface area contributed by atoms with E-state index in [2.05, 4.69) is 0 Å². The summed E-state index contributed by atoms with van der Waals surface area (Å²) in [6.07, 6.45) is 2.12. The molecule has 1 atom stereocenters. The van der Waals surface area contributed by atoms with Crippen molar-refractivity contribution in [2.45, 2.75) is 38.7 Å². The van der Waals surface area contributed by atoms with Gasteiger partial charge in [0.25, 0.3) is 0 Å². The van der Waals surface area contributed by atoms with Gasteiger partial charge in [0.15, 0.2) is 9.84 Å². The summed E-state index contributed by atoms with van der Waals surface area (Å²) in [5.41, 5.74) is -0.942. The molecule has 0 radical (unpaired) electrons. The summed E-state index contributed by atoms with van der Waals surface area (Å²) in [5.74, 6) is 0.247. The van der Waals surface area contributed by atoms with Crippen LogP contribution in [0.3, 0.4) is 0 Å². The van der Waals surface area contributed by atoms with Crippen molar-refractivity contribution in [2.24, 2.45) is 5.92 Å². The van der Waals surface area contributed by atoms with E-state index in [4.69, 9.17) is 0 Å². The summed E-state index contributed by atoms with van der Waals surface area (Å²) >= 11 is 0. The van der Waals surface area contributed by atoms with Gasteiger partial charge in [0.1, 0.15) is 0 Å². The molecule has 78 valence electrons. The van der Waals surface area contributed by atoms with Gasteiger partial charge in [0, 0.05) is 0 Å². The van der Waals surface area contributed by atoms with Crippen LogP contribution in [0.4, 0.5) is 0 Å². The van der Waals surface area contributed by atoms with Gasteiger partial charge in [0.05, 0.1) is 17.1 Å². The van der Waals surface area contributed by atoms with Gasteiger partial charge in [-0.3, -0.25) is 0 Å². The molecule has 3 nitrogen and oxygen atoms in total. The van der Waals surface area contributed by atoms with E-state index in [9.17, 15) is 13.5 Å². The zero-order chi connectivity index (χ0) is 10.1. The molecule has 1 saturated heterocycles. The minimum absolute atomic E-state index is 0.0354. The molecule has 13 heavy (non-hydrogen) atoms. The van der Waals surface area contributed by atoms with E-state index in [0.717, 1.165) is 12.8 Å². The molecule has 0 aromatic rings. The summed E-state index contributed by atoms with van der Waals surface area (Å²) in [6, 6.07) is 0. The van der Waals surface area contributed by atoms with Gasteiger partial charge in [-0.2, -0.15) is 0 Å². The van der Waals surface area contributed by atoms with Gasteiger partial charge in [0.2, 0.25) is 0 Å². The monoisotopic (exact) mass is 206 g/mol. The second kappa shape index (κ2) is 3.58. The smallest absolute Gasteiger partial charge is 0.153 e. The van der Waals surface area contributed by atoms with Crippen molar-refractivity contribution < 1.29 is 13.5 Å². The highest BCUT2D eigenvalue weighted by Crippen LogP contribution is 2.34. The van der Waals surface area contributed by atoms with E-state index < -0.39 is 15.4 Å². The first kappa shape index (κ1) is 11.0. The van der Waals surface area contributed by atoms with E-state index >= 15 is 0 Å². The fourth-order valence-corrected chi connectivity index (χ4v) is 4.18. The third kappa shape index (κ3) is 2.23. The first-order valence-electron chi connectivity index (χ1n) is 4.86. The van der Waals surface area contributed by atoms with Crippen LogP contribution in [0.25, 0.3) is 0 Å². The Hall–Kier alpha value is -0.0900. The lowest BCUT2D eigenvalue weighted by molar-refractivity contribution is 0.00263.